The second kappa shape index (κ2) is 8.24. The molecule has 0 saturated carbocycles. The van der Waals surface area contributed by atoms with Gasteiger partial charge in [0.1, 0.15) is 12.7 Å². The molecule has 120 valence electrons. The molecule has 2 aromatic carbocycles. The van der Waals surface area contributed by atoms with Crippen molar-refractivity contribution < 1.29 is 0 Å². The van der Waals surface area contributed by atoms with Crippen LogP contribution in [0.1, 0.15) is 24.1 Å². The Morgan fingerprint density at radius 2 is 1.87 bits per heavy atom. The van der Waals surface area contributed by atoms with E-state index in [1.54, 1.807) is 11.0 Å². The maximum Gasteiger partial charge on any atom is 0.138 e. The van der Waals surface area contributed by atoms with Gasteiger partial charge in [0.25, 0.3) is 0 Å². The molecule has 1 N–H and O–H groups in total. The lowest BCUT2D eigenvalue weighted by Crippen LogP contribution is -2.18. The van der Waals surface area contributed by atoms with Gasteiger partial charge in [0, 0.05) is 17.1 Å². The summed E-state index contributed by atoms with van der Waals surface area (Å²) in [4.78, 5) is 3.96. The Balaban J connectivity index is 0.00000192. The van der Waals surface area contributed by atoms with Crippen LogP contribution >= 0.6 is 28.3 Å². The van der Waals surface area contributed by atoms with Crippen LogP contribution in [0.5, 0.6) is 0 Å². The molecule has 1 aromatic heterocycles. The Bertz CT molecular complexity index is 729. The fourth-order valence-corrected chi connectivity index (χ4v) is 2.70. The van der Waals surface area contributed by atoms with E-state index in [4.69, 9.17) is 0 Å². The fraction of sp³-hybridized carbons (Fsp3) is 0.176. The number of benzene rings is 2. The molecule has 0 fully saturated rings. The van der Waals surface area contributed by atoms with Crippen LogP contribution in [-0.4, -0.2) is 14.8 Å². The molecular weight excluding hydrogens is 376 g/mol. The van der Waals surface area contributed by atoms with Crippen LogP contribution in [0.15, 0.2) is 65.7 Å². The van der Waals surface area contributed by atoms with E-state index in [1.807, 2.05) is 6.07 Å². The Morgan fingerprint density at radius 3 is 2.52 bits per heavy atom. The SMILES string of the molecule is CC(NCc1ccccc1Br)c1ccc(-n2cncn2)cc1.Cl. The van der Waals surface area contributed by atoms with E-state index in [2.05, 4.69) is 80.7 Å². The van der Waals surface area contributed by atoms with Crippen LogP contribution in [-0.2, 0) is 6.54 Å². The first kappa shape index (κ1) is 17.7. The van der Waals surface area contributed by atoms with Gasteiger partial charge in [-0.1, -0.05) is 46.3 Å². The molecule has 0 spiro atoms. The van der Waals surface area contributed by atoms with E-state index in [-0.39, 0.29) is 18.4 Å². The molecule has 1 unspecified atom stereocenters. The van der Waals surface area contributed by atoms with Gasteiger partial charge >= 0.3 is 0 Å². The van der Waals surface area contributed by atoms with Crippen LogP contribution in [0.25, 0.3) is 5.69 Å². The smallest absolute Gasteiger partial charge is 0.138 e. The summed E-state index contributed by atoms with van der Waals surface area (Å²) < 4.78 is 2.89. The van der Waals surface area contributed by atoms with Gasteiger partial charge in [-0.05, 0) is 36.2 Å². The van der Waals surface area contributed by atoms with E-state index in [1.165, 1.54) is 17.5 Å². The van der Waals surface area contributed by atoms with Gasteiger partial charge in [-0.3, -0.25) is 0 Å². The van der Waals surface area contributed by atoms with Gasteiger partial charge in [0.15, 0.2) is 0 Å². The van der Waals surface area contributed by atoms with E-state index < -0.39 is 0 Å². The molecule has 4 nitrogen and oxygen atoms in total. The minimum Gasteiger partial charge on any atom is -0.306 e. The van der Waals surface area contributed by atoms with Crippen molar-refractivity contribution in [1.29, 1.82) is 0 Å². The average molecular weight is 394 g/mol. The zero-order valence-corrected chi connectivity index (χ0v) is 15.1. The zero-order chi connectivity index (χ0) is 15.4. The summed E-state index contributed by atoms with van der Waals surface area (Å²) in [6, 6.07) is 16.9. The number of aromatic nitrogens is 3. The van der Waals surface area contributed by atoms with Crippen molar-refractivity contribution in [2.24, 2.45) is 0 Å². The summed E-state index contributed by atoms with van der Waals surface area (Å²) in [5, 5.41) is 7.68. The summed E-state index contributed by atoms with van der Waals surface area (Å²) in [5.74, 6) is 0. The lowest BCUT2D eigenvalue weighted by Gasteiger charge is -2.15. The van der Waals surface area contributed by atoms with Crippen molar-refractivity contribution in [2.75, 3.05) is 0 Å². The highest BCUT2D eigenvalue weighted by atomic mass is 79.9. The van der Waals surface area contributed by atoms with Crippen molar-refractivity contribution in [3.8, 4) is 5.69 Å². The number of hydrogen-bond donors (Lipinski definition) is 1. The number of rotatable bonds is 5. The lowest BCUT2D eigenvalue weighted by atomic mass is 10.1. The largest absolute Gasteiger partial charge is 0.306 e. The second-order valence-corrected chi connectivity index (χ2v) is 5.98. The number of nitrogens with zero attached hydrogens (tertiary/aromatic N) is 3. The molecule has 3 rings (SSSR count). The first-order chi connectivity index (χ1) is 10.7. The highest BCUT2D eigenvalue weighted by Gasteiger charge is 2.06. The summed E-state index contributed by atoms with van der Waals surface area (Å²) in [7, 11) is 0. The van der Waals surface area contributed by atoms with Gasteiger partial charge in [0.05, 0.1) is 5.69 Å². The molecule has 0 aliphatic carbocycles. The van der Waals surface area contributed by atoms with Crippen LogP contribution in [0.4, 0.5) is 0 Å². The molecule has 23 heavy (non-hydrogen) atoms. The molecule has 0 bridgehead atoms. The lowest BCUT2D eigenvalue weighted by molar-refractivity contribution is 0.573. The molecule has 0 radical (unpaired) electrons. The van der Waals surface area contributed by atoms with Gasteiger partial charge in [-0.15, -0.1) is 12.4 Å². The van der Waals surface area contributed by atoms with Crippen molar-refractivity contribution in [3.63, 3.8) is 0 Å². The maximum absolute atomic E-state index is 4.13. The van der Waals surface area contributed by atoms with Crippen LogP contribution < -0.4 is 5.32 Å². The van der Waals surface area contributed by atoms with Gasteiger partial charge in [-0.2, -0.15) is 5.10 Å². The van der Waals surface area contributed by atoms with Gasteiger partial charge in [-0.25, -0.2) is 9.67 Å². The Kier molecular flexibility index (Phi) is 6.33. The molecular formula is C17H18BrClN4. The summed E-state index contributed by atoms with van der Waals surface area (Å²) in [6.07, 6.45) is 3.24. The fourth-order valence-electron chi connectivity index (χ4n) is 2.28. The first-order valence-corrected chi connectivity index (χ1v) is 7.95. The quantitative estimate of drug-likeness (QED) is 0.702. The van der Waals surface area contributed by atoms with Crippen LogP contribution in [0, 0.1) is 0 Å². The summed E-state index contributed by atoms with van der Waals surface area (Å²) in [6.45, 7) is 2.99. The number of hydrogen-bond acceptors (Lipinski definition) is 3. The average Bonchev–Trinajstić information content (AvgIpc) is 3.08. The minimum atomic E-state index is 0. The van der Waals surface area contributed by atoms with Crippen molar-refractivity contribution in [2.45, 2.75) is 19.5 Å². The first-order valence-electron chi connectivity index (χ1n) is 7.16. The van der Waals surface area contributed by atoms with Crippen molar-refractivity contribution in [3.05, 3.63) is 76.8 Å². The van der Waals surface area contributed by atoms with E-state index in [9.17, 15) is 0 Å². The Labute approximate surface area is 150 Å². The predicted molar refractivity (Wildman–Crippen MR) is 98.0 cm³/mol. The third-order valence-electron chi connectivity index (χ3n) is 3.63. The normalized spacial score (nSPS) is 11.7. The Hall–Kier alpha value is -1.69. The molecule has 0 amide bonds. The molecule has 0 aliphatic rings. The topological polar surface area (TPSA) is 42.7 Å². The van der Waals surface area contributed by atoms with E-state index in [0.29, 0.717) is 0 Å². The van der Waals surface area contributed by atoms with Crippen LogP contribution in [0.2, 0.25) is 0 Å². The molecule has 3 aromatic rings. The minimum absolute atomic E-state index is 0. The number of halogens is 2. The van der Waals surface area contributed by atoms with Gasteiger partial charge < -0.3 is 5.32 Å². The standard InChI is InChI=1S/C17H17BrN4.ClH/c1-13(20-10-15-4-2-3-5-17(15)18)14-6-8-16(9-7-14)22-12-19-11-21-22;/h2-9,11-13,20H,10H2,1H3;1H. The van der Waals surface area contributed by atoms with Crippen molar-refractivity contribution >= 4 is 28.3 Å². The third kappa shape index (κ3) is 4.41. The number of nitrogens with one attached hydrogen (secondary N) is 1. The highest BCUT2D eigenvalue weighted by molar-refractivity contribution is 9.10. The molecule has 0 aliphatic heterocycles. The second-order valence-electron chi connectivity index (χ2n) is 5.13. The third-order valence-corrected chi connectivity index (χ3v) is 4.41. The molecule has 0 saturated heterocycles. The van der Waals surface area contributed by atoms with E-state index in [0.717, 1.165) is 16.7 Å². The summed E-state index contributed by atoms with van der Waals surface area (Å²) in [5.41, 5.74) is 3.52. The van der Waals surface area contributed by atoms with Crippen LogP contribution in [0.3, 0.4) is 0 Å². The molecule has 1 heterocycles. The van der Waals surface area contributed by atoms with Gasteiger partial charge in [0.2, 0.25) is 0 Å². The molecule has 1 atom stereocenters. The van der Waals surface area contributed by atoms with Crippen molar-refractivity contribution in [1.82, 2.24) is 20.1 Å². The monoisotopic (exact) mass is 392 g/mol. The Morgan fingerprint density at radius 1 is 1.13 bits per heavy atom. The van der Waals surface area contributed by atoms with E-state index >= 15 is 0 Å². The zero-order valence-electron chi connectivity index (χ0n) is 12.7. The molecule has 6 heteroatoms. The maximum atomic E-state index is 4.13. The summed E-state index contributed by atoms with van der Waals surface area (Å²) >= 11 is 3.58. The predicted octanol–water partition coefficient (Wildman–Crippen LogP) is 4.30. The highest BCUT2D eigenvalue weighted by Crippen LogP contribution is 2.19.